The molecule has 0 aliphatic heterocycles. The van der Waals surface area contributed by atoms with Crippen LogP contribution >= 0.6 is 0 Å². The van der Waals surface area contributed by atoms with Gasteiger partial charge in [0.25, 0.3) is 0 Å². The number of rotatable bonds is 2. The second-order valence-corrected chi connectivity index (χ2v) is 2.87. The van der Waals surface area contributed by atoms with E-state index in [0.29, 0.717) is 0 Å². The van der Waals surface area contributed by atoms with E-state index in [0.717, 1.165) is 0 Å². The summed E-state index contributed by atoms with van der Waals surface area (Å²) in [6, 6.07) is 0. The average molecular weight is 238 g/mol. The van der Waals surface area contributed by atoms with E-state index in [9.17, 15) is 0 Å². The van der Waals surface area contributed by atoms with Gasteiger partial charge in [0.15, 0.2) is 0 Å². The maximum atomic E-state index is 3.00. The van der Waals surface area contributed by atoms with Gasteiger partial charge in [-0.1, -0.05) is 27.7 Å². The Morgan fingerprint density at radius 2 is 1.07 bits per heavy atom. The molecule has 0 saturated heterocycles. The van der Waals surface area contributed by atoms with Crippen LogP contribution in [0.1, 0.15) is 41.5 Å². The molecule has 0 aliphatic carbocycles. The van der Waals surface area contributed by atoms with Gasteiger partial charge in [-0.3, -0.25) is 12.2 Å². The van der Waals surface area contributed by atoms with Gasteiger partial charge < -0.3 is 0 Å². The summed E-state index contributed by atoms with van der Waals surface area (Å²) >= 11 is 0. The first kappa shape index (κ1) is 20.1. The summed E-state index contributed by atoms with van der Waals surface area (Å²) in [5.74, 6) is 0. The Morgan fingerprint density at radius 3 is 1.13 bits per heavy atom. The molecule has 0 radical (unpaired) electrons. The molecule has 0 aromatic rings. The zero-order chi connectivity index (χ0) is 11.4. The number of hydrogen-bond acceptors (Lipinski definition) is 0. The van der Waals surface area contributed by atoms with Crippen molar-refractivity contribution in [2.45, 2.75) is 41.5 Å². The van der Waals surface area contributed by atoms with Gasteiger partial charge in [0.1, 0.15) is 0 Å². The second-order valence-electron chi connectivity index (χ2n) is 2.87. The van der Waals surface area contributed by atoms with Crippen LogP contribution < -0.4 is 0 Å². The monoisotopic (exact) mass is 238 g/mol. The molecule has 0 amide bonds. The van der Waals surface area contributed by atoms with E-state index in [2.05, 4.69) is 12.2 Å². The fourth-order valence-electron chi connectivity index (χ4n) is 0.667. The zero-order valence-electron chi connectivity index (χ0n) is 10.8. The van der Waals surface area contributed by atoms with E-state index >= 15 is 0 Å². The Hall–Kier alpha value is -0.326. The van der Waals surface area contributed by atoms with Crippen LogP contribution in [-0.2, 0) is 21.7 Å². The fraction of sp³-hybridized carbons (Fsp3) is 0.429. The zero-order valence-corrected chi connectivity index (χ0v) is 12.4. The smallest absolute Gasteiger partial charge is 0.275 e. The molecule has 1 heteroatoms. The van der Waals surface area contributed by atoms with Gasteiger partial charge in [-0.25, -0.2) is 23.3 Å². The van der Waals surface area contributed by atoms with E-state index in [1.165, 1.54) is 11.1 Å². The maximum absolute atomic E-state index is 3.00. The fourth-order valence-corrected chi connectivity index (χ4v) is 0.667. The molecule has 82 valence electrons. The van der Waals surface area contributed by atoms with Crippen molar-refractivity contribution in [3.05, 3.63) is 47.6 Å². The van der Waals surface area contributed by atoms with Gasteiger partial charge in [-0.05, 0) is 0 Å². The van der Waals surface area contributed by atoms with Gasteiger partial charge in [-0.15, -0.1) is 13.8 Å². The van der Waals surface area contributed by atoms with Crippen molar-refractivity contribution in [3.8, 4) is 0 Å². The van der Waals surface area contributed by atoms with Gasteiger partial charge in [0.2, 0.25) is 0 Å². The van der Waals surface area contributed by atoms with E-state index in [1.807, 2.05) is 65.8 Å². The minimum absolute atomic E-state index is 0. The molecule has 0 unspecified atom stereocenters. The minimum atomic E-state index is 0. The normalized spacial score (nSPS) is 12.4. The SMILES string of the molecule is C[C-]=C(C)C=CC.C[C-]=C(C)C=CC.[Ti+2]. The molecule has 0 aliphatic rings. The second kappa shape index (κ2) is 16.1. The van der Waals surface area contributed by atoms with Crippen molar-refractivity contribution in [1.29, 1.82) is 0 Å². The summed E-state index contributed by atoms with van der Waals surface area (Å²) in [6.07, 6.45) is 14.1. The predicted molar refractivity (Wildman–Crippen MR) is 65.8 cm³/mol. The molecule has 0 aromatic carbocycles. The van der Waals surface area contributed by atoms with Crippen molar-refractivity contribution >= 4 is 0 Å². The van der Waals surface area contributed by atoms with Crippen LogP contribution in [0.15, 0.2) is 35.5 Å². The molecule has 0 saturated carbocycles. The van der Waals surface area contributed by atoms with Crippen LogP contribution in [0.3, 0.4) is 0 Å². The quantitative estimate of drug-likeness (QED) is 0.373. The third-order valence-corrected chi connectivity index (χ3v) is 1.62. The van der Waals surface area contributed by atoms with Crippen molar-refractivity contribution in [1.82, 2.24) is 0 Å². The number of allylic oxidation sites excluding steroid dienone is 8. The van der Waals surface area contributed by atoms with Gasteiger partial charge in [-0.2, -0.15) is 12.2 Å². The van der Waals surface area contributed by atoms with Crippen LogP contribution in [0.4, 0.5) is 0 Å². The number of hydrogen-bond donors (Lipinski definition) is 0. The van der Waals surface area contributed by atoms with Gasteiger partial charge in [0, 0.05) is 0 Å². The van der Waals surface area contributed by atoms with E-state index in [4.69, 9.17) is 0 Å². The van der Waals surface area contributed by atoms with Crippen LogP contribution in [0.2, 0.25) is 0 Å². The first-order valence-corrected chi connectivity index (χ1v) is 4.90. The maximum Gasteiger partial charge on any atom is 2.00 e. The van der Waals surface area contributed by atoms with Gasteiger partial charge >= 0.3 is 21.7 Å². The third kappa shape index (κ3) is 19.9. The molecule has 0 heterocycles. The topological polar surface area (TPSA) is 0 Å². The predicted octanol–water partition coefficient (Wildman–Crippen LogP) is 4.66. The molecule has 0 N–H and O–H groups in total. The molecule has 0 rings (SSSR count). The molecular weight excluding hydrogens is 216 g/mol. The standard InChI is InChI=1S/2C7H11.Ti/c2*1-4-6-7(3)5-2;/h2*4,6H,1-3H3;/q2*-1;+2. The molecule has 0 atom stereocenters. The minimum Gasteiger partial charge on any atom is -0.275 e. The van der Waals surface area contributed by atoms with Crippen LogP contribution in [-0.4, -0.2) is 0 Å². The van der Waals surface area contributed by atoms with Crippen molar-refractivity contribution in [3.63, 3.8) is 0 Å². The summed E-state index contributed by atoms with van der Waals surface area (Å²) in [6.45, 7) is 11.9. The Kier molecular flexibility index (Phi) is 21.6. The van der Waals surface area contributed by atoms with Gasteiger partial charge in [0.05, 0.1) is 0 Å². The first-order valence-electron chi connectivity index (χ1n) is 4.90. The summed E-state index contributed by atoms with van der Waals surface area (Å²) in [5, 5.41) is 0. The summed E-state index contributed by atoms with van der Waals surface area (Å²) in [5.41, 5.74) is 2.39. The molecular formula is C14H22Ti. The van der Waals surface area contributed by atoms with E-state index < -0.39 is 0 Å². The Bertz CT molecular complexity index is 204. The molecule has 15 heavy (non-hydrogen) atoms. The van der Waals surface area contributed by atoms with Crippen LogP contribution in [0.5, 0.6) is 0 Å². The molecule has 0 fully saturated rings. The Morgan fingerprint density at radius 1 is 0.800 bits per heavy atom. The van der Waals surface area contributed by atoms with Crippen LogP contribution in [0, 0.1) is 12.2 Å². The van der Waals surface area contributed by atoms with Crippen molar-refractivity contribution in [2.24, 2.45) is 0 Å². The van der Waals surface area contributed by atoms with E-state index in [-0.39, 0.29) is 21.7 Å². The third-order valence-electron chi connectivity index (χ3n) is 1.62. The first-order chi connectivity index (χ1) is 6.62. The van der Waals surface area contributed by atoms with Crippen molar-refractivity contribution < 1.29 is 21.7 Å². The Labute approximate surface area is 111 Å². The molecule has 0 spiro atoms. The Balaban J connectivity index is -0.000000180. The average Bonchev–Trinajstić information content (AvgIpc) is 2.19. The van der Waals surface area contributed by atoms with E-state index in [1.54, 1.807) is 0 Å². The molecule has 0 nitrogen and oxygen atoms in total. The van der Waals surface area contributed by atoms with Crippen LogP contribution in [0.25, 0.3) is 0 Å². The van der Waals surface area contributed by atoms with Crippen molar-refractivity contribution in [2.75, 3.05) is 0 Å². The summed E-state index contributed by atoms with van der Waals surface area (Å²) in [4.78, 5) is 0. The summed E-state index contributed by atoms with van der Waals surface area (Å²) in [7, 11) is 0. The summed E-state index contributed by atoms with van der Waals surface area (Å²) < 4.78 is 0. The molecule has 0 bridgehead atoms. The molecule has 0 aromatic heterocycles. The largest absolute Gasteiger partial charge is 2.00 e.